The summed E-state index contributed by atoms with van der Waals surface area (Å²) in [5.41, 5.74) is 0. The van der Waals surface area contributed by atoms with Gasteiger partial charge in [0.1, 0.15) is 0 Å². The number of likely N-dealkylation sites (tertiary alicyclic amines) is 1. The number of rotatable bonds is 4. The normalized spacial score (nSPS) is 18.1. The Balaban J connectivity index is 0.00000144. The van der Waals surface area contributed by atoms with Gasteiger partial charge in [-0.1, -0.05) is 0 Å². The molecule has 1 N–H and O–H groups in total. The van der Waals surface area contributed by atoms with E-state index in [2.05, 4.69) is 10.4 Å². The van der Waals surface area contributed by atoms with Crippen molar-refractivity contribution < 1.29 is 4.79 Å². The van der Waals surface area contributed by atoms with Gasteiger partial charge < -0.3 is 10.2 Å². The molecule has 1 aromatic heterocycles. The number of likely N-dealkylation sites (N-methyl/N-ethyl adjacent to an activating group) is 1. The Labute approximate surface area is 120 Å². The van der Waals surface area contributed by atoms with Crippen molar-refractivity contribution in [3.63, 3.8) is 0 Å². The average molecular weight is 295 g/mol. The first-order valence-electron chi connectivity index (χ1n) is 5.72. The minimum absolute atomic E-state index is 0. The third kappa shape index (κ3) is 4.48. The van der Waals surface area contributed by atoms with E-state index in [-0.39, 0.29) is 30.7 Å². The molecular weight excluding hydrogens is 275 g/mol. The number of halogens is 2. The molecule has 1 unspecified atom stereocenters. The molecule has 2 rings (SSSR count). The summed E-state index contributed by atoms with van der Waals surface area (Å²) in [6.45, 7) is 2.39. The van der Waals surface area contributed by atoms with Crippen LogP contribution in [0.5, 0.6) is 0 Å². The van der Waals surface area contributed by atoms with E-state index >= 15 is 0 Å². The molecule has 18 heavy (non-hydrogen) atoms. The summed E-state index contributed by atoms with van der Waals surface area (Å²) >= 11 is 0. The largest absolute Gasteiger partial charge is 0.341 e. The molecule has 1 saturated heterocycles. The molecule has 0 spiro atoms. The van der Waals surface area contributed by atoms with Gasteiger partial charge in [0.25, 0.3) is 0 Å². The van der Waals surface area contributed by atoms with Crippen molar-refractivity contribution in [2.45, 2.75) is 25.4 Å². The maximum Gasteiger partial charge on any atom is 0.224 e. The Bertz CT molecular complexity index is 345. The number of carbonyl (C=O) groups is 1. The molecule has 1 aliphatic heterocycles. The number of nitrogens with zero attached hydrogens (tertiary/aromatic N) is 3. The van der Waals surface area contributed by atoms with Crippen LogP contribution in [0.4, 0.5) is 0 Å². The van der Waals surface area contributed by atoms with Gasteiger partial charge in [-0.3, -0.25) is 9.48 Å². The van der Waals surface area contributed by atoms with Gasteiger partial charge in [-0.15, -0.1) is 24.8 Å². The fourth-order valence-electron chi connectivity index (χ4n) is 2.02. The van der Waals surface area contributed by atoms with Crippen molar-refractivity contribution in [1.29, 1.82) is 0 Å². The molecule has 0 aromatic carbocycles. The predicted molar refractivity (Wildman–Crippen MR) is 75.4 cm³/mol. The zero-order valence-corrected chi connectivity index (χ0v) is 12.0. The molecule has 0 aliphatic carbocycles. The fourth-order valence-corrected chi connectivity index (χ4v) is 2.02. The number of aromatic nitrogens is 2. The highest BCUT2D eigenvalue weighted by atomic mass is 35.5. The lowest BCUT2D eigenvalue weighted by atomic mass is 10.3. The Morgan fingerprint density at radius 2 is 2.28 bits per heavy atom. The van der Waals surface area contributed by atoms with E-state index in [1.807, 2.05) is 24.2 Å². The summed E-state index contributed by atoms with van der Waals surface area (Å²) in [5.74, 6) is 0.230. The molecule has 7 heteroatoms. The van der Waals surface area contributed by atoms with Crippen LogP contribution in [-0.2, 0) is 11.3 Å². The van der Waals surface area contributed by atoms with Crippen molar-refractivity contribution in [2.75, 3.05) is 20.1 Å². The summed E-state index contributed by atoms with van der Waals surface area (Å²) in [5, 5.41) is 7.29. The monoisotopic (exact) mass is 294 g/mol. The highest BCUT2D eigenvalue weighted by Gasteiger charge is 2.24. The quantitative estimate of drug-likeness (QED) is 0.899. The fraction of sp³-hybridized carbons (Fsp3) is 0.636. The number of hydrogen-bond acceptors (Lipinski definition) is 3. The molecule has 1 atom stereocenters. The second kappa shape index (κ2) is 8.34. The number of carbonyl (C=O) groups excluding carboxylic acids is 1. The lowest BCUT2D eigenvalue weighted by Gasteiger charge is -2.16. The summed E-state index contributed by atoms with van der Waals surface area (Å²) < 4.78 is 1.80. The number of aryl methyl sites for hydroxylation is 1. The minimum atomic E-state index is 0. The van der Waals surface area contributed by atoms with Gasteiger partial charge in [-0.05, 0) is 19.5 Å². The highest BCUT2D eigenvalue weighted by Crippen LogP contribution is 2.10. The molecule has 1 aliphatic rings. The maximum atomic E-state index is 11.9. The van der Waals surface area contributed by atoms with Gasteiger partial charge in [0.2, 0.25) is 5.91 Å². The Morgan fingerprint density at radius 3 is 2.83 bits per heavy atom. The van der Waals surface area contributed by atoms with Gasteiger partial charge in [0, 0.05) is 44.5 Å². The zero-order valence-electron chi connectivity index (χ0n) is 10.4. The zero-order chi connectivity index (χ0) is 11.4. The van der Waals surface area contributed by atoms with Gasteiger partial charge in [-0.25, -0.2) is 0 Å². The van der Waals surface area contributed by atoms with Crippen molar-refractivity contribution >= 4 is 30.7 Å². The first-order valence-corrected chi connectivity index (χ1v) is 5.72. The van der Waals surface area contributed by atoms with E-state index in [1.54, 1.807) is 10.9 Å². The third-order valence-electron chi connectivity index (χ3n) is 3.06. The van der Waals surface area contributed by atoms with Gasteiger partial charge in [0.05, 0.1) is 0 Å². The third-order valence-corrected chi connectivity index (χ3v) is 3.06. The average Bonchev–Trinajstić information content (AvgIpc) is 2.96. The van der Waals surface area contributed by atoms with Crippen LogP contribution in [0.3, 0.4) is 0 Å². The number of amides is 1. The highest BCUT2D eigenvalue weighted by molar-refractivity contribution is 5.85. The molecule has 5 nitrogen and oxygen atoms in total. The van der Waals surface area contributed by atoms with E-state index in [0.717, 1.165) is 19.5 Å². The Kier molecular flexibility index (Phi) is 7.98. The van der Waals surface area contributed by atoms with Crippen molar-refractivity contribution in [3.05, 3.63) is 18.5 Å². The molecule has 1 fully saturated rings. The maximum absolute atomic E-state index is 11.9. The van der Waals surface area contributed by atoms with Gasteiger partial charge in [0.15, 0.2) is 0 Å². The molecule has 0 bridgehead atoms. The van der Waals surface area contributed by atoms with Crippen LogP contribution < -0.4 is 5.32 Å². The molecule has 0 saturated carbocycles. The van der Waals surface area contributed by atoms with E-state index in [0.29, 0.717) is 19.0 Å². The molecule has 104 valence electrons. The Hall–Kier alpha value is -0.780. The second-order valence-corrected chi connectivity index (χ2v) is 4.13. The minimum Gasteiger partial charge on any atom is -0.341 e. The van der Waals surface area contributed by atoms with E-state index in [4.69, 9.17) is 0 Å². The molecule has 0 radical (unpaired) electrons. The van der Waals surface area contributed by atoms with Crippen molar-refractivity contribution in [3.8, 4) is 0 Å². The molecule has 1 aromatic rings. The first kappa shape index (κ1) is 17.2. The van der Waals surface area contributed by atoms with Crippen LogP contribution >= 0.6 is 24.8 Å². The van der Waals surface area contributed by atoms with Crippen LogP contribution in [0.15, 0.2) is 18.5 Å². The second-order valence-electron chi connectivity index (χ2n) is 4.13. The standard InChI is InChI=1S/C11H18N4O.2ClH/c1-12-10-3-7-14(9-10)11(16)4-8-15-6-2-5-13-15;;/h2,5-6,10,12H,3-4,7-9H2,1H3;2*1H. The van der Waals surface area contributed by atoms with Crippen LogP contribution in [-0.4, -0.2) is 46.8 Å². The van der Waals surface area contributed by atoms with Crippen LogP contribution in [0, 0.1) is 0 Å². The SMILES string of the molecule is CNC1CCN(C(=O)CCn2cccn2)C1.Cl.Cl. The summed E-state index contributed by atoms with van der Waals surface area (Å²) in [7, 11) is 1.95. The van der Waals surface area contributed by atoms with E-state index < -0.39 is 0 Å². The van der Waals surface area contributed by atoms with Crippen molar-refractivity contribution in [1.82, 2.24) is 20.0 Å². The Morgan fingerprint density at radius 1 is 1.50 bits per heavy atom. The summed E-state index contributed by atoms with van der Waals surface area (Å²) in [4.78, 5) is 13.8. The van der Waals surface area contributed by atoms with Crippen LogP contribution in [0.25, 0.3) is 0 Å². The van der Waals surface area contributed by atoms with E-state index in [9.17, 15) is 4.79 Å². The molecular formula is C11H20Cl2N4O. The topological polar surface area (TPSA) is 50.2 Å². The lowest BCUT2D eigenvalue weighted by Crippen LogP contribution is -2.33. The van der Waals surface area contributed by atoms with E-state index in [1.165, 1.54) is 0 Å². The summed E-state index contributed by atoms with van der Waals surface area (Å²) in [6, 6.07) is 2.34. The number of nitrogens with one attached hydrogen (secondary N) is 1. The smallest absolute Gasteiger partial charge is 0.224 e. The van der Waals surface area contributed by atoms with Gasteiger partial charge in [-0.2, -0.15) is 5.10 Å². The molecule has 1 amide bonds. The molecule has 2 heterocycles. The van der Waals surface area contributed by atoms with Crippen molar-refractivity contribution in [2.24, 2.45) is 0 Å². The van der Waals surface area contributed by atoms with Gasteiger partial charge >= 0.3 is 0 Å². The number of hydrogen-bond donors (Lipinski definition) is 1. The van der Waals surface area contributed by atoms with Crippen LogP contribution in [0.1, 0.15) is 12.8 Å². The first-order chi connectivity index (χ1) is 7.79. The predicted octanol–water partition coefficient (Wildman–Crippen LogP) is 0.937. The summed E-state index contributed by atoms with van der Waals surface area (Å²) in [6.07, 6.45) is 5.22. The lowest BCUT2D eigenvalue weighted by molar-refractivity contribution is -0.130. The van der Waals surface area contributed by atoms with Crippen LogP contribution in [0.2, 0.25) is 0 Å².